The zero-order valence-electron chi connectivity index (χ0n) is 11.8. The molecule has 0 saturated carbocycles. The summed E-state index contributed by atoms with van der Waals surface area (Å²) in [7, 11) is 1.70. The molecule has 0 amide bonds. The van der Waals surface area contributed by atoms with Gasteiger partial charge in [-0.2, -0.15) is 0 Å². The molecule has 4 nitrogen and oxygen atoms in total. The molecule has 0 unspecified atom stereocenters. The molecule has 0 aromatic rings. The molecule has 0 aliphatic rings. The summed E-state index contributed by atoms with van der Waals surface area (Å²) >= 11 is 0. The van der Waals surface area contributed by atoms with Crippen LogP contribution in [0.2, 0.25) is 0 Å². The van der Waals surface area contributed by atoms with Gasteiger partial charge in [-0.3, -0.25) is 0 Å². The van der Waals surface area contributed by atoms with Crippen molar-refractivity contribution in [2.75, 3.05) is 59.7 Å². The normalized spacial score (nSPS) is 11.3. The fourth-order valence-corrected chi connectivity index (χ4v) is 1.64. The number of ether oxygens (including phenoxy) is 2. The summed E-state index contributed by atoms with van der Waals surface area (Å²) in [6, 6.07) is 0. The lowest BCUT2D eigenvalue weighted by Gasteiger charge is -2.17. The highest BCUT2D eigenvalue weighted by Crippen LogP contribution is 1.89. The van der Waals surface area contributed by atoms with Crippen LogP contribution in [0.1, 0.15) is 26.7 Å². The Morgan fingerprint density at radius 3 is 2.29 bits per heavy atom. The van der Waals surface area contributed by atoms with Crippen LogP contribution in [0.3, 0.4) is 0 Å². The summed E-state index contributed by atoms with van der Waals surface area (Å²) in [5.41, 5.74) is 0. The van der Waals surface area contributed by atoms with E-state index in [2.05, 4.69) is 24.1 Å². The molecule has 0 radical (unpaired) electrons. The van der Waals surface area contributed by atoms with Gasteiger partial charge in [-0.1, -0.05) is 13.8 Å². The van der Waals surface area contributed by atoms with Crippen LogP contribution >= 0.6 is 0 Å². The van der Waals surface area contributed by atoms with Crippen molar-refractivity contribution in [2.45, 2.75) is 26.7 Å². The second-order valence-corrected chi connectivity index (χ2v) is 4.09. The van der Waals surface area contributed by atoms with Gasteiger partial charge in [-0.25, -0.2) is 0 Å². The highest BCUT2D eigenvalue weighted by molar-refractivity contribution is 4.55. The van der Waals surface area contributed by atoms with Crippen molar-refractivity contribution in [1.82, 2.24) is 10.2 Å². The molecule has 0 saturated heterocycles. The predicted molar refractivity (Wildman–Crippen MR) is 72.6 cm³/mol. The van der Waals surface area contributed by atoms with Crippen molar-refractivity contribution in [3.05, 3.63) is 0 Å². The minimum absolute atomic E-state index is 0.692. The molecule has 104 valence electrons. The fraction of sp³-hybridized carbons (Fsp3) is 1.00. The lowest BCUT2D eigenvalue weighted by Crippen LogP contribution is -2.27. The Hall–Kier alpha value is -0.160. The zero-order valence-corrected chi connectivity index (χ0v) is 11.8. The molecule has 17 heavy (non-hydrogen) atoms. The van der Waals surface area contributed by atoms with Gasteiger partial charge in [0.05, 0.1) is 13.2 Å². The number of nitrogens with one attached hydrogen (secondary N) is 1. The zero-order chi connectivity index (χ0) is 12.8. The SMILES string of the molecule is CCN(CC)CCCNCCCOCCOC. The van der Waals surface area contributed by atoms with Crippen molar-refractivity contribution in [3.63, 3.8) is 0 Å². The van der Waals surface area contributed by atoms with Crippen molar-refractivity contribution in [1.29, 1.82) is 0 Å². The van der Waals surface area contributed by atoms with E-state index in [4.69, 9.17) is 9.47 Å². The summed E-state index contributed by atoms with van der Waals surface area (Å²) in [5, 5.41) is 3.44. The Morgan fingerprint density at radius 1 is 0.941 bits per heavy atom. The van der Waals surface area contributed by atoms with Gasteiger partial charge >= 0.3 is 0 Å². The Bertz CT molecular complexity index is 141. The summed E-state index contributed by atoms with van der Waals surface area (Å²) in [4.78, 5) is 2.45. The lowest BCUT2D eigenvalue weighted by atomic mass is 10.3. The van der Waals surface area contributed by atoms with Crippen molar-refractivity contribution in [3.8, 4) is 0 Å². The number of nitrogens with zero attached hydrogens (tertiary/aromatic N) is 1. The van der Waals surface area contributed by atoms with Gasteiger partial charge in [-0.05, 0) is 45.6 Å². The van der Waals surface area contributed by atoms with Crippen LogP contribution in [0, 0.1) is 0 Å². The van der Waals surface area contributed by atoms with Crippen LogP contribution in [0.4, 0.5) is 0 Å². The molecule has 0 heterocycles. The van der Waals surface area contributed by atoms with Gasteiger partial charge in [0.2, 0.25) is 0 Å². The molecule has 0 aromatic carbocycles. The summed E-state index contributed by atoms with van der Waals surface area (Å²) in [6.45, 7) is 12.3. The van der Waals surface area contributed by atoms with E-state index in [1.54, 1.807) is 7.11 Å². The molecule has 0 spiro atoms. The average Bonchev–Trinajstić information content (AvgIpc) is 2.36. The lowest BCUT2D eigenvalue weighted by molar-refractivity contribution is 0.0695. The first-order valence-corrected chi connectivity index (χ1v) is 6.84. The topological polar surface area (TPSA) is 33.7 Å². The van der Waals surface area contributed by atoms with Gasteiger partial charge < -0.3 is 19.7 Å². The molecule has 0 rings (SSSR count). The van der Waals surface area contributed by atoms with Gasteiger partial charge in [-0.15, -0.1) is 0 Å². The maximum absolute atomic E-state index is 5.38. The first-order valence-electron chi connectivity index (χ1n) is 6.84. The third kappa shape index (κ3) is 12.1. The highest BCUT2D eigenvalue weighted by atomic mass is 16.5. The molecule has 0 aliphatic carbocycles. The molecule has 0 atom stereocenters. The van der Waals surface area contributed by atoms with Crippen LogP contribution in [-0.2, 0) is 9.47 Å². The number of hydrogen-bond donors (Lipinski definition) is 1. The Balaban J connectivity index is 3.03. The minimum atomic E-state index is 0.692. The van der Waals surface area contributed by atoms with Crippen LogP contribution in [0.25, 0.3) is 0 Å². The molecular formula is C13H30N2O2. The van der Waals surface area contributed by atoms with E-state index in [9.17, 15) is 0 Å². The van der Waals surface area contributed by atoms with Crippen molar-refractivity contribution >= 4 is 0 Å². The maximum atomic E-state index is 5.38. The van der Waals surface area contributed by atoms with Crippen LogP contribution in [0.15, 0.2) is 0 Å². The fourth-order valence-electron chi connectivity index (χ4n) is 1.64. The number of rotatable bonds is 13. The summed E-state index contributed by atoms with van der Waals surface area (Å²) in [6.07, 6.45) is 2.31. The molecule has 4 heteroatoms. The molecule has 0 aliphatic heterocycles. The summed E-state index contributed by atoms with van der Waals surface area (Å²) in [5.74, 6) is 0. The molecule has 0 fully saturated rings. The van der Waals surface area contributed by atoms with E-state index in [0.29, 0.717) is 13.2 Å². The smallest absolute Gasteiger partial charge is 0.0700 e. The van der Waals surface area contributed by atoms with Gasteiger partial charge in [0.25, 0.3) is 0 Å². The Labute approximate surface area is 107 Å². The summed E-state index contributed by atoms with van der Waals surface area (Å²) < 4.78 is 10.3. The van der Waals surface area contributed by atoms with E-state index in [-0.39, 0.29) is 0 Å². The number of methoxy groups -OCH3 is 1. The van der Waals surface area contributed by atoms with E-state index in [1.165, 1.54) is 13.0 Å². The van der Waals surface area contributed by atoms with E-state index < -0.39 is 0 Å². The molecule has 0 bridgehead atoms. The molecule has 0 aromatic heterocycles. The van der Waals surface area contributed by atoms with Gasteiger partial charge in [0.15, 0.2) is 0 Å². The van der Waals surface area contributed by atoms with E-state index in [0.717, 1.165) is 39.2 Å². The van der Waals surface area contributed by atoms with Gasteiger partial charge in [0.1, 0.15) is 0 Å². The van der Waals surface area contributed by atoms with E-state index in [1.807, 2.05) is 0 Å². The largest absolute Gasteiger partial charge is 0.382 e. The van der Waals surface area contributed by atoms with Crippen LogP contribution < -0.4 is 5.32 Å². The van der Waals surface area contributed by atoms with Crippen LogP contribution in [0.5, 0.6) is 0 Å². The third-order valence-electron chi connectivity index (χ3n) is 2.80. The second kappa shape index (κ2) is 13.9. The molecular weight excluding hydrogens is 216 g/mol. The average molecular weight is 246 g/mol. The van der Waals surface area contributed by atoms with Crippen molar-refractivity contribution < 1.29 is 9.47 Å². The second-order valence-electron chi connectivity index (χ2n) is 4.09. The quantitative estimate of drug-likeness (QED) is 0.498. The van der Waals surface area contributed by atoms with Gasteiger partial charge in [0, 0.05) is 13.7 Å². The first-order chi connectivity index (χ1) is 8.35. The maximum Gasteiger partial charge on any atom is 0.0700 e. The Morgan fingerprint density at radius 2 is 1.65 bits per heavy atom. The first kappa shape index (κ1) is 16.8. The van der Waals surface area contributed by atoms with E-state index >= 15 is 0 Å². The highest BCUT2D eigenvalue weighted by Gasteiger charge is 1.97. The number of hydrogen-bond acceptors (Lipinski definition) is 4. The monoisotopic (exact) mass is 246 g/mol. The Kier molecular flexibility index (Phi) is 13.8. The predicted octanol–water partition coefficient (Wildman–Crippen LogP) is 1.36. The standard InChI is InChI=1S/C13H30N2O2/c1-4-15(5-2)10-6-8-14-9-7-11-17-13-12-16-3/h14H,4-13H2,1-3H3. The minimum Gasteiger partial charge on any atom is -0.382 e. The van der Waals surface area contributed by atoms with Crippen molar-refractivity contribution in [2.24, 2.45) is 0 Å². The molecule has 1 N–H and O–H groups in total. The third-order valence-corrected chi connectivity index (χ3v) is 2.80. The van der Waals surface area contributed by atoms with Crippen LogP contribution in [-0.4, -0.2) is 64.6 Å².